The summed E-state index contributed by atoms with van der Waals surface area (Å²) >= 11 is 0. The molecule has 3 rings (SSSR count). The summed E-state index contributed by atoms with van der Waals surface area (Å²) in [7, 11) is 0. The lowest BCUT2D eigenvalue weighted by Gasteiger charge is -2.10. The van der Waals surface area contributed by atoms with Crippen molar-refractivity contribution < 1.29 is 19.0 Å². The highest BCUT2D eigenvalue weighted by Crippen LogP contribution is 2.31. The number of carbonyl (C=O) groups excluding carboxylic acids is 1. The van der Waals surface area contributed by atoms with E-state index in [9.17, 15) is 4.79 Å². The lowest BCUT2D eigenvalue weighted by atomic mass is 9.97. The first kappa shape index (κ1) is 12.5. The maximum Gasteiger partial charge on any atom is 0.163 e. The highest BCUT2D eigenvalue weighted by molar-refractivity contribution is 5.96. The lowest BCUT2D eigenvalue weighted by molar-refractivity contribution is 0.0952. The molecular formula is C15H18O4. The summed E-state index contributed by atoms with van der Waals surface area (Å²) in [4.78, 5) is 12.2. The minimum absolute atomic E-state index is 0.158. The number of Topliss-reactive ketones (excluding diaryl/α,β-unsaturated/α-hetero) is 1. The van der Waals surface area contributed by atoms with E-state index < -0.39 is 0 Å². The van der Waals surface area contributed by atoms with Gasteiger partial charge in [0.1, 0.15) is 0 Å². The molecule has 1 saturated heterocycles. The quantitative estimate of drug-likeness (QED) is 0.785. The van der Waals surface area contributed by atoms with E-state index in [1.807, 2.05) is 12.1 Å². The number of ketones is 1. The van der Waals surface area contributed by atoms with Crippen LogP contribution in [0.25, 0.3) is 0 Å². The van der Waals surface area contributed by atoms with E-state index in [-0.39, 0.29) is 5.78 Å². The number of rotatable bonds is 3. The molecule has 1 unspecified atom stereocenters. The van der Waals surface area contributed by atoms with E-state index in [1.54, 1.807) is 6.07 Å². The molecule has 0 N–H and O–H groups in total. The molecule has 0 aliphatic carbocycles. The Morgan fingerprint density at radius 2 is 2.00 bits per heavy atom. The Hall–Kier alpha value is -1.55. The van der Waals surface area contributed by atoms with Crippen LogP contribution in [0.15, 0.2) is 18.2 Å². The Morgan fingerprint density at radius 1 is 1.16 bits per heavy atom. The normalized spacial score (nSPS) is 22.0. The average molecular weight is 262 g/mol. The van der Waals surface area contributed by atoms with Crippen LogP contribution in [0.2, 0.25) is 0 Å². The fourth-order valence-corrected chi connectivity index (χ4v) is 2.46. The van der Waals surface area contributed by atoms with Crippen molar-refractivity contribution in [3.63, 3.8) is 0 Å². The first-order valence-corrected chi connectivity index (χ1v) is 6.83. The van der Waals surface area contributed by atoms with Crippen LogP contribution >= 0.6 is 0 Å². The summed E-state index contributed by atoms with van der Waals surface area (Å²) < 4.78 is 16.5. The number of fused-ring (bicyclic) bond motifs is 1. The van der Waals surface area contributed by atoms with E-state index in [1.165, 1.54) is 0 Å². The van der Waals surface area contributed by atoms with Gasteiger partial charge in [0, 0.05) is 31.6 Å². The van der Waals surface area contributed by atoms with Gasteiger partial charge in [-0.3, -0.25) is 4.79 Å². The zero-order chi connectivity index (χ0) is 13.1. The topological polar surface area (TPSA) is 44.8 Å². The van der Waals surface area contributed by atoms with E-state index in [0.29, 0.717) is 43.5 Å². The summed E-state index contributed by atoms with van der Waals surface area (Å²) in [5, 5.41) is 0. The van der Waals surface area contributed by atoms with Gasteiger partial charge in [-0.15, -0.1) is 0 Å². The second kappa shape index (κ2) is 5.61. The number of hydrogen-bond acceptors (Lipinski definition) is 4. The van der Waals surface area contributed by atoms with E-state index in [4.69, 9.17) is 14.2 Å². The standard InChI is InChI=1S/C15H18O4/c16-13(8-11-4-7-17-10-11)12-2-3-14-15(9-12)19-6-1-5-18-14/h2-3,9,11H,1,4-8,10H2. The predicted molar refractivity (Wildman–Crippen MR) is 69.9 cm³/mol. The molecule has 0 amide bonds. The molecule has 1 aromatic carbocycles. The minimum atomic E-state index is 0.158. The first-order chi connectivity index (χ1) is 9.33. The summed E-state index contributed by atoms with van der Waals surface area (Å²) in [6, 6.07) is 5.46. The van der Waals surface area contributed by atoms with Crippen LogP contribution in [-0.4, -0.2) is 32.2 Å². The zero-order valence-corrected chi connectivity index (χ0v) is 10.9. The van der Waals surface area contributed by atoms with Crippen molar-refractivity contribution in [1.82, 2.24) is 0 Å². The van der Waals surface area contributed by atoms with Crippen molar-refractivity contribution in [3.05, 3.63) is 23.8 Å². The highest BCUT2D eigenvalue weighted by Gasteiger charge is 2.21. The summed E-state index contributed by atoms with van der Waals surface area (Å²) in [5.74, 6) is 1.94. The zero-order valence-electron chi connectivity index (χ0n) is 10.9. The Kier molecular flexibility index (Phi) is 3.69. The van der Waals surface area contributed by atoms with Crippen molar-refractivity contribution in [2.75, 3.05) is 26.4 Å². The third kappa shape index (κ3) is 2.89. The molecule has 2 heterocycles. The monoisotopic (exact) mass is 262 g/mol. The van der Waals surface area contributed by atoms with Gasteiger partial charge in [0.05, 0.1) is 13.2 Å². The molecule has 1 aromatic rings. The SMILES string of the molecule is O=C(CC1CCOC1)c1ccc2c(c1)OCCCO2. The van der Waals surface area contributed by atoms with Gasteiger partial charge in [-0.25, -0.2) is 0 Å². The van der Waals surface area contributed by atoms with Crippen molar-refractivity contribution >= 4 is 5.78 Å². The maximum absolute atomic E-state index is 12.2. The van der Waals surface area contributed by atoms with Crippen LogP contribution in [0.4, 0.5) is 0 Å². The average Bonchev–Trinajstić information content (AvgIpc) is 2.81. The van der Waals surface area contributed by atoms with Gasteiger partial charge in [-0.1, -0.05) is 0 Å². The van der Waals surface area contributed by atoms with Gasteiger partial charge in [0.25, 0.3) is 0 Å². The van der Waals surface area contributed by atoms with Crippen LogP contribution in [0.3, 0.4) is 0 Å². The van der Waals surface area contributed by atoms with Crippen LogP contribution in [-0.2, 0) is 4.74 Å². The molecule has 0 bridgehead atoms. The molecular weight excluding hydrogens is 244 g/mol. The van der Waals surface area contributed by atoms with Crippen LogP contribution in [0.5, 0.6) is 11.5 Å². The Bertz CT molecular complexity index is 463. The van der Waals surface area contributed by atoms with Crippen molar-refractivity contribution in [2.24, 2.45) is 5.92 Å². The number of ether oxygens (including phenoxy) is 3. The highest BCUT2D eigenvalue weighted by atomic mass is 16.5. The molecule has 1 atom stereocenters. The molecule has 2 aliphatic heterocycles. The Morgan fingerprint density at radius 3 is 2.79 bits per heavy atom. The molecule has 0 aromatic heterocycles. The largest absolute Gasteiger partial charge is 0.490 e. The molecule has 1 fully saturated rings. The fourth-order valence-electron chi connectivity index (χ4n) is 2.46. The summed E-state index contributed by atoms with van der Waals surface area (Å²) in [5.41, 5.74) is 0.705. The van der Waals surface area contributed by atoms with Crippen LogP contribution in [0.1, 0.15) is 29.6 Å². The predicted octanol–water partition coefficient (Wildman–Crippen LogP) is 2.46. The second-order valence-corrected chi connectivity index (χ2v) is 5.07. The van der Waals surface area contributed by atoms with Gasteiger partial charge in [0.2, 0.25) is 0 Å². The fraction of sp³-hybridized carbons (Fsp3) is 0.533. The first-order valence-electron chi connectivity index (χ1n) is 6.83. The Balaban J connectivity index is 1.73. The van der Waals surface area contributed by atoms with Gasteiger partial charge in [0.15, 0.2) is 17.3 Å². The van der Waals surface area contributed by atoms with Crippen molar-refractivity contribution in [1.29, 1.82) is 0 Å². The molecule has 2 aliphatic rings. The number of carbonyl (C=O) groups is 1. The van der Waals surface area contributed by atoms with Gasteiger partial charge in [-0.05, 0) is 30.5 Å². The lowest BCUT2D eigenvalue weighted by Crippen LogP contribution is -2.09. The third-order valence-corrected chi connectivity index (χ3v) is 3.57. The van der Waals surface area contributed by atoms with Crippen molar-refractivity contribution in [3.8, 4) is 11.5 Å². The number of hydrogen-bond donors (Lipinski definition) is 0. The molecule has 4 heteroatoms. The van der Waals surface area contributed by atoms with Crippen molar-refractivity contribution in [2.45, 2.75) is 19.3 Å². The van der Waals surface area contributed by atoms with E-state index in [2.05, 4.69) is 0 Å². The van der Waals surface area contributed by atoms with Gasteiger partial charge in [-0.2, -0.15) is 0 Å². The molecule has 4 nitrogen and oxygen atoms in total. The number of benzene rings is 1. The summed E-state index contributed by atoms with van der Waals surface area (Å²) in [6.07, 6.45) is 2.41. The third-order valence-electron chi connectivity index (χ3n) is 3.57. The van der Waals surface area contributed by atoms with Crippen LogP contribution in [0, 0.1) is 5.92 Å². The summed E-state index contributed by atoms with van der Waals surface area (Å²) in [6.45, 7) is 2.79. The smallest absolute Gasteiger partial charge is 0.163 e. The maximum atomic E-state index is 12.2. The van der Waals surface area contributed by atoms with Crippen LogP contribution < -0.4 is 9.47 Å². The van der Waals surface area contributed by atoms with Gasteiger partial charge >= 0.3 is 0 Å². The molecule has 102 valence electrons. The molecule has 19 heavy (non-hydrogen) atoms. The second-order valence-electron chi connectivity index (χ2n) is 5.07. The minimum Gasteiger partial charge on any atom is -0.490 e. The van der Waals surface area contributed by atoms with E-state index >= 15 is 0 Å². The molecule has 0 radical (unpaired) electrons. The van der Waals surface area contributed by atoms with E-state index in [0.717, 1.165) is 25.2 Å². The Labute approximate surface area is 112 Å². The van der Waals surface area contributed by atoms with Gasteiger partial charge < -0.3 is 14.2 Å². The molecule has 0 spiro atoms. The molecule has 0 saturated carbocycles.